The standard InChI is InChI=1S/C10H19ClFN3O/c11-8-5-7(6-15-10(13)14)1-2-9(8)16-4-3-12/h7-9H,1-6H2,(H4,13,14,15)/t7?,8-,9?/m1/s1. The fraction of sp³-hybridized carbons (Fsp3) is 0.900. The minimum absolute atomic E-state index is 0.0344. The lowest BCUT2D eigenvalue weighted by Crippen LogP contribution is -2.34. The molecule has 4 N–H and O–H groups in total. The van der Waals surface area contributed by atoms with Gasteiger partial charge in [-0.1, -0.05) is 0 Å². The van der Waals surface area contributed by atoms with Crippen molar-refractivity contribution in [3.63, 3.8) is 0 Å². The van der Waals surface area contributed by atoms with E-state index in [1.54, 1.807) is 0 Å². The first-order valence-corrected chi connectivity index (χ1v) is 5.94. The molecule has 94 valence electrons. The van der Waals surface area contributed by atoms with Crippen LogP contribution in [0.3, 0.4) is 0 Å². The van der Waals surface area contributed by atoms with Crippen molar-refractivity contribution in [2.24, 2.45) is 22.4 Å². The minimum Gasteiger partial charge on any atom is -0.374 e. The van der Waals surface area contributed by atoms with Crippen LogP contribution in [0.2, 0.25) is 0 Å². The third-order valence-corrected chi connectivity index (χ3v) is 3.22. The van der Waals surface area contributed by atoms with Crippen molar-refractivity contribution in [2.75, 3.05) is 19.8 Å². The van der Waals surface area contributed by atoms with Crippen LogP contribution in [0.5, 0.6) is 0 Å². The summed E-state index contributed by atoms with van der Waals surface area (Å²) in [6.45, 7) is 0.283. The van der Waals surface area contributed by atoms with E-state index in [-0.39, 0.29) is 24.0 Å². The molecule has 0 aliphatic heterocycles. The number of aliphatic imine (C=N–C) groups is 1. The second-order valence-electron chi connectivity index (χ2n) is 4.06. The van der Waals surface area contributed by atoms with Crippen molar-refractivity contribution in [2.45, 2.75) is 30.7 Å². The normalized spacial score (nSPS) is 30.0. The summed E-state index contributed by atoms with van der Waals surface area (Å²) in [6.07, 6.45) is 2.60. The Bertz CT molecular complexity index is 236. The number of hydrogen-bond donors (Lipinski definition) is 2. The van der Waals surface area contributed by atoms with Gasteiger partial charge in [0.2, 0.25) is 0 Å². The highest BCUT2D eigenvalue weighted by Crippen LogP contribution is 2.30. The lowest BCUT2D eigenvalue weighted by atomic mass is 9.87. The molecule has 4 nitrogen and oxygen atoms in total. The summed E-state index contributed by atoms with van der Waals surface area (Å²) >= 11 is 6.17. The average Bonchev–Trinajstić information content (AvgIpc) is 2.25. The molecule has 2 unspecified atom stereocenters. The number of nitrogens with zero attached hydrogens (tertiary/aromatic N) is 1. The van der Waals surface area contributed by atoms with Gasteiger partial charge in [0.25, 0.3) is 0 Å². The molecule has 1 fully saturated rings. The van der Waals surface area contributed by atoms with Crippen molar-refractivity contribution in [1.29, 1.82) is 0 Å². The number of rotatable bonds is 5. The van der Waals surface area contributed by atoms with Gasteiger partial charge in [-0.3, -0.25) is 4.99 Å². The van der Waals surface area contributed by atoms with E-state index in [4.69, 9.17) is 27.8 Å². The largest absolute Gasteiger partial charge is 0.374 e. The molecule has 0 aromatic rings. The molecule has 0 amide bonds. The first-order valence-electron chi connectivity index (χ1n) is 5.50. The maximum absolute atomic E-state index is 11.9. The van der Waals surface area contributed by atoms with Gasteiger partial charge in [0.15, 0.2) is 5.96 Å². The average molecular weight is 252 g/mol. The molecule has 1 aliphatic carbocycles. The predicted molar refractivity (Wildman–Crippen MR) is 63.4 cm³/mol. The van der Waals surface area contributed by atoms with Crippen molar-refractivity contribution in [1.82, 2.24) is 0 Å². The molecule has 6 heteroatoms. The molecule has 0 aromatic carbocycles. The van der Waals surface area contributed by atoms with Gasteiger partial charge >= 0.3 is 0 Å². The topological polar surface area (TPSA) is 73.6 Å². The summed E-state index contributed by atoms with van der Waals surface area (Å²) in [5.74, 6) is 0.511. The predicted octanol–water partition coefficient (Wildman–Crippen LogP) is 1.02. The molecular weight excluding hydrogens is 233 g/mol. The van der Waals surface area contributed by atoms with Crippen LogP contribution in [0.25, 0.3) is 0 Å². The van der Waals surface area contributed by atoms with Crippen LogP contribution in [0, 0.1) is 5.92 Å². The lowest BCUT2D eigenvalue weighted by molar-refractivity contribution is 0.0156. The van der Waals surface area contributed by atoms with Gasteiger partial charge in [0, 0.05) is 6.54 Å². The Hall–Kier alpha value is -0.550. The van der Waals surface area contributed by atoms with E-state index in [1.165, 1.54) is 0 Å². The molecule has 1 rings (SSSR count). The lowest BCUT2D eigenvalue weighted by Gasteiger charge is -2.31. The molecule has 1 saturated carbocycles. The van der Waals surface area contributed by atoms with Crippen LogP contribution in [0.15, 0.2) is 4.99 Å². The fourth-order valence-electron chi connectivity index (χ4n) is 1.95. The Balaban J connectivity index is 2.30. The molecule has 3 atom stereocenters. The van der Waals surface area contributed by atoms with Crippen LogP contribution in [-0.4, -0.2) is 37.3 Å². The van der Waals surface area contributed by atoms with Gasteiger partial charge in [0.1, 0.15) is 6.67 Å². The SMILES string of the molecule is NC(N)=NCC1CCC(OCCF)[C@H](Cl)C1. The summed E-state index contributed by atoms with van der Waals surface area (Å²) < 4.78 is 17.3. The van der Waals surface area contributed by atoms with Gasteiger partial charge in [0.05, 0.1) is 18.1 Å². The molecule has 0 spiro atoms. The van der Waals surface area contributed by atoms with Crippen molar-refractivity contribution in [3.8, 4) is 0 Å². The third kappa shape index (κ3) is 4.53. The van der Waals surface area contributed by atoms with Gasteiger partial charge < -0.3 is 16.2 Å². The highest BCUT2D eigenvalue weighted by molar-refractivity contribution is 6.21. The van der Waals surface area contributed by atoms with E-state index in [0.717, 1.165) is 19.3 Å². The molecular formula is C10H19ClFN3O. The van der Waals surface area contributed by atoms with Crippen LogP contribution in [-0.2, 0) is 4.74 Å². The second-order valence-corrected chi connectivity index (χ2v) is 4.62. The molecule has 1 aliphatic rings. The smallest absolute Gasteiger partial charge is 0.185 e. The highest BCUT2D eigenvalue weighted by Gasteiger charge is 2.29. The van der Waals surface area contributed by atoms with Crippen molar-refractivity contribution < 1.29 is 9.13 Å². The summed E-state index contributed by atoms with van der Waals surface area (Å²) in [6, 6.07) is 0. The van der Waals surface area contributed by atoms with E-state index >= 15 is 0 Å². The van der Waals surface area contributed by atoms with Crippen LogP contribution < -0.4 is 11.5 Å². The number of nitrogens with two attached hydrogens (primary N) is 2. The molecule has 0 saturated heterocycles. The van der Waals surface area contributed by atoms with Crippen LogP contribution in [0.1, 0.15) is 19.3 Å². The van der Waals surface area contributed by atoms with E-state index in [0.29, 0.717) is 12.5 Å². The van der Waals surface area contributed by atoms with Crippen LogP contribution >= 0.6 is 11.6 Å². The fourth-order valence-corrected chi connectivity index (χ4v) is 2.40. The Morgan fingerprint density at radius 3 is 2.75 bits per heavy atom. The Kier molecular flexibility index (Phi) is 5.84. The van der Waals surface area contributed by atoms with E-state index in [2.05, 4.69) is 4.99 Å². The van der Waals surface area contributed by atoms with Crippen LogP contribution in [0.4, 0.5) is 4.39 Å². The van der Waals surface area contributed by atoms with Gasteiger partial charge in [-0.05, 0) is 25.2 Å². The Morgan fingerprint density at radius 1 is 1.44 bits per heavy atom. The maximum atomic E-state index is 11.9. The van der Waals surface area contributed by atoms with Crippen molar-refractivity contribution in [3.05, 3.63) is 0 Å². The number of hydrogen-bond acceptors (Lipinski definition) is 2. The van der Waals surface area contributed by atoms with Gasteiger partial charge in [-0.2, -0.15) is 0 Å². The Labute approximate surface area is 100 Å². The zero-order valence-corrected chi connectivity index (χ0v) is 10.00. The van der Waals surface area contributed by atoms with Gasteiger partial charge in [-0.15, -0.1) is 11.6 Å². The zero-order chi connectivity index (χ0) is 12.0. The molecule has 0 heterocycles. The zero-order valence-electron chi connectivity index (χ0n) is 9.24. The third-order valence-electron chi connectivity index (χ3n) is 2.76. The number of ether oxygens (including phenoxy) is 1. The number of alkyl halides is 2. The summed E-state index contributed by atoms with van der Waals surface area (Å²) in [4.78, 5) is 3.98. The number of guanidine groups is 1. The maximum Gasteiger partial charge on any atom is 0.185 e. The minimum atomic E-state index is -0.461. The van der Waals surface area contributed by atoms with E-state index < -0.39 is 6.67 Å². The second kappa shape index (κ2) is 6.91. The summed E-state index contributed by atoms with van der Waals surface area (Å²) in [5, 5.41) is -0.0699. The first kappa shape index (κ1) is 13.5. The van der Waals surface area contributed by atoms with E-state index in [9.17, 15) is 4.39 Å². The highest BCUT2D eigenvalue weighted by atomic mass is 35.5. The molecule has 0 bridgehead atoms. The Morgan fingerprint density at radius 2 is 2.19 bits per heavy atom. The number of halogens is 2. The molecule has 0 aromatic heterocycles. The quantitative estimate of drug-likeness (QED) is 0.435. The van der Waals surface area contributed by atoms with Gasteiger partial charge in [-0.25, -0.2) is 4.39 Å². The molecule has 0 radical (unpaired) electrons. The van der Waals surface area contributed by atoms with Crippen molar-refractivity contribution >= 4 is 17.6 Å². The summed E-state index contributed by atoms with van der Waals surface area (Å²) in [5.41, 5.74) is 10.5. The monoisotopic (exact) mass is 251 g/mol. The summed E-state index contributed by atoms with van der Waals surface area (Å²) in [7, 11) is 0. The van der Waals surface area contributed by atoms with E-state index in [1.807, 2.05) is 0 Å². The molecule has 16 heavy (non-hydrogen) atoms. The first-order chi connectivity index (χ1) is 7.63.